The molecule has 1 amide bonds. The average molecular weight is 469 g/mol. The van der Waals surface area contributed by atoms with Gasteiger partial charge in [-0.15, -0.1) is 0 Å². The van der Waals surface area contributed by atoms with Crippen LogP contribution in [0.25, 0.3) is 11.1 Å². The molecule has 0 unspecified atom stereocenters. The summed E-state index contributed by atoms with van der Waals surface area (Å²) < 4.78 is 34.8. The lowest BCUT2D eigenvalue weighted by Crippen LogP contribution is -2.21. The number of nitrogens with zero attached hydrogens (tertiary/aromatic N) is 1. The van der Waals surface area contributed by atoms with Crippen LogP contribution in [0.3, 0.4) is 0 Å². The van der Waals surface area contributed by atoms with Gasteiger partial charge in [0, 0.05) is 50.1 Å². The van der Waals surface area contributed by atoms with Gasteiger partial charge in [0.25, 0.3) is 15.9 Å². The van der Waals surface area contributed by atoms with Crippen molar-refractivity contribution >= 4 is 27.3 Å². The van der Waals surface area contributed by atoms with Gasteiger partial charge in [-0.25, -0.2) is 8.42 Å². The van der Waals surface area contributed by atoms with E-state index in [0.717, 1.165) is 5.69 Å². The Kier molecular flexibility index (Phi) is 7.57. The molecule has 0 aliphatic rings. The van der Waals surface area contributed by atoms with Crippen molar-refractivity contribution in [2.75, 3.05) is 44.3 Å². The summed E-state index contributed by atoms with van der Waals surface area (Å²) in [5.41, 5.74) is 8.20. The molecule has 0 aliphatic carbocycles. The van der Waals surface area contributed by atoms with E-state index in [0.29, 0.717) is 41.2 Å². The van der Waals surface area contributed by atoms with Crippen LogP contribution in [0.1, 0.15) is 10.4 Å². The molecule has 0 radical (unpaired) electrons. The molecule has 33 heavy (non-hydrogen) atoms. The van der Waals surface area contributed by atoms with Gasteiger partial charge in [0.1, 0.15) is 5.75 Å². The standard InChI is InChI=1S/C24H28N4O4S/c1-28(2)24(29)18-7-4-6-17(14-18)22-11-10-21(32-3)16-23(22)33(30,31)27-20-9-5-8-19(15-20)26-13-12-25/h4-11,14-16,26-27H,12-13,25H2,1-3H3. The first-order chi connectivity index (χ1) is 15.7. The van der Waals surface area contributed by atoms with Gasteiger partial charge in [0.15, 0.2) is 0 Å². The van der Waals surface area contributed by atoms with Gasteiger partial charge in [-0.3, -0.25) is 9.52 Å². The van der Waals surface area contributed by atoms with E-state index in [4.69, 9.17) is 10.5 Å². The van der Waals surface area contributed by atoms with Gasteiger partial charge in [0.05, 0.1) is 17.7 Å². The number of rotatable bonds is 9. The third-order valence-electron chi connectivity index (χ3n) is 4.89. The van der Waals surface area contributed by atoms with E-state index in [1.807, 2.05) is 6.07 Å². The summed E-state index contributed by atoms with van der Waals surface area (Å²) in [6, 6.07) is 18.6. The summed E-state index contributed by atoms with van der Waals surface area (Å²) in [4.78, 5) is 13.9. The Morgan fingerprint density at radius 3 is 2.42 bits per heavy atom. The maximum absolute atomic E-state index is 13.4. The van der Waals surface area contributed by atoms with Crippen LogP contribution < -0.4 is 20.5 Å². The molecule has 174 valence electrons. The minimum atomic E-state index is -3.99. The van der Waals surface area contributed by atoms with Crippen LogP contribution in [-0.2, 0) is 10.0 Å². The molecule has 0 spiro atoms. The number of anilines is 2. The number of carbonyl (C=O) groups excluding carboxylic acids is 1. The van der Waals surface area contributed by atoms with Crippen molar-refractivity contribution in [1.29, 1.82) is 0 Å². The molecule has 0 aromatic heterocycles. The highest BCUT2D eigenvalue weighted by atomic mass is 32.2. The highest BCUT2D eigenvalue weighted by molar-refractivity contribution is 7.92. The fourth-order valence-electron chi connectivity index (χ4n) is 3.29. The molecule has 0 atom stereocenters. The lowest BCUT2D eigenvalue weighted by atomic mass is 10.0. The predicted octanol–water partition coefficient (Wildman–Crippen LogP) is 3.24. The molecule has 3 rings (SSSR count). The smallest absolute Gasteiger partial charge is 0.262 e. The first-order valence-electron chi connectivity index (χ1n) is 10.3. The molecule has 9 heteroatoms. The van der Waals surface area contributed by atoms with E-state index in [-0.39, 0.29) is 10.8 Å². The molecule has 3 aromatic carbocycles. The fraction of sp³-hybridized carbons (Fsp3) is 0.208. The summed E-state index contributed by atoms with van der Waals surface area (Å²) in [6.45, 7) is 1.02. The normalized spacial score (nSPS) is 11.0. The van der Waals surface area contributed by atoms with Crippen LogP contribution in [0, 0.1) is 0 Å². The summed E-state index contributed by atoms with van der Waals surface area (Å²) >= 11 is 0. The Labute approximate surface area is 194 Å². The molecule has 0 heterocycles. The van der Waals surface area contributed by atoms with Crippen molar-refractivity contribution in [1.82, 2.24) is 4.90 Å². The van der Waals surface area contributed by atoms with Gasteiger partial charge in [-0.05, 0) is 48.0 Å². The van der Waals surface area contributed by atoms with Crippen LogP contribution in [0.15, 0.2) is 71.6 Å². The predicted molar refractivity (Wildman–Crippen MR) is 131 cm³/mol. The Balaban J connectivity index is 2.04. The number of ether oxygens (including phenoxy) is 1. The van der Waals surface area contributed by atoms with Crippen molar-refractivity contribution in [3.05, 3.63) is 72.3 Å². The van der Waals surface area contributed by atoms with Gasteiger partial charge in [-0.2, -0.15) is 0 Å². The lowest BCUT2D eigenvalue weighted by molar-refractivity contribution is 0.0827. The molecular weight excluding hydrogens is 440 g/mol. The second-order valence-electron chi connectivity index (χ2n) is 7.54. The largest absolute Gasteiger partial charge is 0.497 e. The molecule has 4 N–H and O–H groups in total. The minimum Gasteiger partial charge on any atom is -0.497 e. The average Bonchev–Trinajstić information content (AvgIpc) is 2.81. The molecular formula is C24H28N4O4S. The zero-order valence-electron chi connectivity index (χ0n) is 18.8. The fourth-order valence-corrected chi connectivity index (χ4v) is 4.58. The number of amides is 1. The first-order valence-corrected chi connectivity index (χ1v) is 11.8. The minimum absolute atomic E-state index is 0.0385. The molecule has 0 bridgehead atoms. The number of methoxy groups -OCH3 is 1. The zero-order valence-corrected chi connectivity index (χ0v) is 19.6. The molecule has 8 nitrogen and oxygen atoms in total. The SMILES string of the molecule is COc1ccc(-c2cccc(C(=O)N(C)C)c2)c(S(=O)(=O)Nc2cccc(NCCN)c2)c1. The van der Waals surface area contributed by atoms with Crippen molar-refractivity contribution in [3.63, 3.8) is 0 Å². The van der Waals surface area contributed by atoms with E-state index in [2.05, 4.69) is 10.0 Å². The second-order valence-corrected chi connectivity index (χ2v) is 9.20. The maximum Gasteiger partial charge on any atom is 0.262 e. The third kappa shape index (κ3) is 5.82. The Bertz CT molecular complexity index is 1240. The Morgan fingerprint density at radius 1 is 1.00 bits per heavy atom. The number of carbonyl (C=O) groups is 1. The number of sulfonamides is 1. The van der Waals surface area contributed by atoms with E-state index in [9.17, 15) is 13.2 Å². The molecule has 0 aliphatic heterocycles. The van der Waals surface area contributed by atoms with E-state index in [1.54, 1.807) is 68.7 Å². The number of hydrogen-bond acceptors (Lipinski definition) is 6. The van der Waals surface area contributed by atoms with E-state index >= 15 is 0 Å². The summed E-state index contributed by atoms with van der Waals surface area (Å²) in [5.74, 6) is 0.229. The van der Waals surface area contributed by atoms with Gasteiger partial charge < -0.3 is 20.7 Å². The monoisotopic (exact) mass is 468 g/mol. The van der Waals surface area contributed by atoms with Crippen LogP contribution in [0.2, 0.25) is 0 Å². The number of nitrogens with one attached hydrogen (secondary N) is 2. The highest BCUT2D eigenvalue weighted by Gasteiger charge is 2.22. The van der Waals surface area contributed by atoms with Gasteiger partial charge in [-0.1, -0.05) is 18.2 Å². The van der Waals surface area contributed by atoms with Crippen molar-refractivity contribution in [3.8, 4) is 16.9 Å². The topological polar surface area (TPSA) is 114 Å². The molecule has 0 saturated heterocycles. The van der Waals surface area contributed by atoms with Crippen LogP contribution in [-0.4, -0.2) is 53.5 Å². The highest BCUT2D eigenvalue weighted by Crippen LogP contribution is 2.33. The quantitative estimate of drug-likeness (QED) is 0.444. The Morgan fingerprint density at radius 2 is 1.73 bits per heavy atom. The third-order valence-corrected chi connectivity index (χ3v) is 6.31. The van der Waals surface area contributed by atoms with E-state index < -0.39 is 10.0 Å². The van der Waals surface area contributed by atoms with Crippen molar-refractivity contribution in [2.45, 2.75) is 4.90 Å². The van der Waals surface area contributed by atoms with Crippen molar-refractivity contribution in [2.24, 2.45) is 5.73 Å². The van der Waals surface area contributed by atoms with Gasteiger partial charge >= 0.3 is 0 Å². The van der Waals surface area contributed by atoms with Gasteiger partial charge in [0.2, 0.25) is 0 Å². The molecule has 0 saturated carbocycles. The number of benzene rings is 3. The van der Waals surface area contributed by atoms with Crippen molar-refractivity contribution < 1.29 is 17.9 Å². The van der Waals surface area contributed by atoms with Crippen LogP contribution in [0.5, 0.6) is 5.75 Å². The maximum atomic E-state index is 13.4. The zero-order chi connectivity index (χ0) is 24.0. The summed E-state index contributed by atoms with van der Waals surface area (Å²) in [5, 5.41) is 3.13. The number of nitrogens with two attached hydrogens (primary N) is 1. The van der Waals surface area contributed by atoms with E-state index in [1.165, 1.54) is 18.1 Å². The molecule has 3 aromatic rings. The Hall–Kier alpha value is -3.56. The number of hydrogen-bond donors (Lipinski definition) is 3. The summed E-state index contributed by atoms with van der Waals surface area (Å²) in [6.07, 6.45) is 0. The summed E-state index contributed by atoms with van der Waals surface area (Å²) in [7, 11) is 0.816. The van der Waals surface area contributed by atoms with Crippen LogP contribution >= 0.6 is 0 Å². The molecule has 0 fully saturated rings. The van der Waals surface area contributed by atoms with Crippen LogP contribution in [0.4, 0.5) is 11.4 Å². The first kappa shape index (κ1) is 24.1. The second kappa shape index (κ2) is 10.4. The lowest BCUT2D eigenvalue weighted by Gasteiger charge is -2.16.